The van der Waals surface area contributed by atoms with Crippen molar-refractivity contribution in [2.24, 2.45) is 0 Å². The summed E-state index contributed by atoms with van der Waals surface area (Å²) in [6, 6.07) is 6.19. The van der Waals surface area contributed by atoms with Crippen molar-refractivity contribution in [1.82, 2.24) is 14.7 Å². The Balaban J connectivity index is 2.24. The summed E-state index contributed by atoms with van der Waals surface area (Å²) in [5.74, 6) is 1.75. The molecule has 0 aliphatic carbocycles. The van der Waals surface area contributed by atoms with Crippen LogP contribution in [0.5, 0.6) is 0 Å². The lowest BCUT2D eigenvalue weighted by atomic mass is 10.2. The second-order valence-electron chi connectivity index (χ2n) is 4.08. The fraction of sp³-hybridized carbons (Fsp3) is 0.364. The maximum Gasteiger partial charge on any atom is 0.133 e. The molecule has 1 atom stereocenters. The Labute approximate surface area is 102 Å². The van der Waals surface area contributed by atoms with E-state index in [0.717, 1.165) is 34.7 Å². The highest BCUT2D eigenvalue weighted by molar-refractivity contribution is 9.10. The summed E-state index contributed by atoms with van der Waals surface area (Å²) in [5, 5.41) is 3.45. The van der Waals surface area contributed by atoms with Crippen molar-refractivity contribution in [1.29, 1.82) is 0 Å². The number of nitrogens with one attached hydrogen (secondary N) is 1. The van der Waals surface area contributed by atoms with E-state index in [2.05, 4.69) is 26.2 Å². The van der Waals surface area contributed by atoms with E-state index in [1.165, 1.54) is 6.42 Å². The minimum Gasteiger partial charge on any atom is -0.385 e. The molecule has 0 aromatic carbocycles. The number of aromatic nitrogens is 2. The van der Waals surface area contributed by atoms with Crippen LogP contribution in [-0.2, 0) is 0 Å². The first-order valence-electron chi connectivity index (χ1n) is 5.43. The van der Waals surface area contributed by atoms with E-state index in [-0.39, 0.29) is 0 Å². The van der Waals surface area contributed by atoms with Gasteiger partial charge in [-0.3, -0.25) is 4.40 Å². The van der Waals surface area contributed by atoms with Crippen LogP contribution in [0.2, 0.25) is 0 Å². The normalized spacial score (nSPS) is 20.7. The average Bonchev–Trinajstić information content (AvgIpc) is 2.87. The van der Waals surface area contributed by atoms with Crippen LogP contribution >= 0.6 is 15.9 Å². The Hall–Kier alpha value is -1.07. The molecule has 84 valence electrons. The molecule has 1 aliphatic rings. The van der Waals surface area contributed by atoms with Gasteiger partial charge in [-0.1, -0.05) is 6.07 Å². The summed E-state index contributed by atoms with van der Waals surface area (Å²) >= 11 is 3.48. The van der Waals surface area contributed by atoms with Gasteiger partial charge in [0.05, 0.1) is 11.6 Å². The monoisotopic (exact) mass is 280 g/mol. The van der Waals surface area contributed by atoms with Crippen LogP contribution in [0.15, 0.2) is 22.8 Å². The number of hydrogen-bond donors (Lipinski definition) is 2. The van der Waals surface area contributed by atoms with Gasteiger partial charge in [-0.25, -0.2) is 4.98 Å². The lowest BCUT2D eigenvalue weighted by Crippen LogP contribution is -2.16. The summed E-state index contributed by atoms with van der Waals surface area (Å²) < 4.78 is 2.89. The van der Waals surface area contributed by atoms with Gasteiger partial charge in [0.1, 0.15) is 16.2 Å². The molecule has 16 heavy (non-hydrogen) atoms. The van der Waals surface area contributed by atoms with Crippen molar-refractivity contribution >= 4 is 27.3 Å². The number of hydrogen-bond acceptors (Lipinski definition) is 3. The molecule has 5 heteroatoms. The lowest BCUT2D eigenvalue weighted by molar-refractivity contribution is 0.603. The minimum atomic E-state index is 0.323. The third-order valence-electron chi connectivity index (χ3n) is 3.05. The number of pyridine rings is 1. The molecule has 4 nitrogen and oxygen atoms in total. The second-order valence-corrected chi connectivity index (χ2v) is 4.83. The quantitative estimate of drug-likeness (QED) is 0.841. The molecule has 0 amide bonds. The molecule has 0 radical (unpaired) electrons. The van der Waals surface area contributed by atoms with E-state index in [1.807, 2.05) is 22.6 Å². The van der Waals surface area contributed by atoms with Crippen molar-refractivity contribution in [3.05, 3.63) is 28.6 Å². The van der Waals surface area contributed by atoms with E-state index in [4.69, 9.17) is 5.73 Å². The fourth-order valence-electron chi connectivity index (χ4n) is 2.29. The van der Waals surface area contributed by atoms with Gasteiger partial charge >= 0.3 is 0 Å². The molecule has 3 N–H and O–H groups in total. The van der Waals surface area contributed by atoms with Crippen molar-refractivity contribution < 1.29 is 0 Å². The molecule has 2 aromatic rings. The smallest absolute Gasteiger partial charge is 0.133 e. The summed E-state index contributed by atoms with van der Waals surface area (Å²) in [7, 11) is 0. The van der Waals surface area contributed by atoms with Crippen LogP contribution in [0.4, 0.5) is 5.82 Å². The molecular weight excluding hydrogens is 268 g/mol. The zero-order valence-electron chi connectivity index (χ0n) is 8.78. The summed E-state index contributed by atoms with van der Waals surface area (Å²) in [5.41, 5.74) is 7.04. The van der Waals surface area contributed by atoms with E-state index in [0.29, 0.717) is 6.04 Å². The largest absolute Gasteiger partial charge is 0.385 e. The minimum absolute atomic E-state index is 0.323. The van der Waals surface area contributed by atoms with Crippen LogP contribution < -0.4 is 11.1 Å². The van der Waals surface area contributed by atoms with Crippen LogP contribution in [0.1, 0.15) is 24.7 Å². The standard InChI is InChI=1S/C11H13BrN4/c12-10-8-4-1-5-9(13)16(8)11(15-10)7-3-2-6-14-7/h1,4-5,7,14H,2-3,6,13H2. The summed E-state index contributed by atoms with van der Waals surface area (Å²) in [6.07, 6.45) is 2.32. The maximum absolute atomic E-state index is 6.01. The number of nitrogens with two attached hydrogens (primary N) is 1. The Morgan fingerprint density at radius 1 is 1.50 bits per heavy atom. The molecule has 0 spiro atoms. The van der Waals surface area contributed by atoms with Crippen molar-refractivity contribution in [2.75, 3.05) is 12.3 Å². The highest BCUT2D eigenvalue weighted by Gasteiger charge is 2.22. The fourth-order valence-corrected chi connectivity index (χ4v) is 2.78. The van der Waals surface area contributed by atoms with Crippen molar-refractivity contribution in [2.45, 2.75) is 18.9 Å². The van der Waals surface area contributed by atoms with E-state index >= 15 is 0 Å². The first-order valence-corrected chi connectivity index (χ1v) is 6.22. The van der Waals surface area contributed by atoms with Gasteiger partial charge in [0.2, 0.25) is 0 Å². The molecule has 1 saturated heterocycles. The zero-order chi connectivity index (χ0) is 11.1. The molecule has 0 saturated carbocycles. The molecule has 1 fully saturated rings. The van der Waals surface area contributed by atoms with Crippen molar-refractivity contribution in [3.8, 4) is 0 Å². The van der Waals surface area contributed by atoms with Gasteiger partial charge in [-0.15, -0.1) is 0 Å². The second kappa shape index (κ2) is 3.75. The van der Waals surface area contributed by atoms with Crippen LogP contribution in [-0.4, -0.2) is 15.9 Å². The van der Waals surface area contributed by atoms with Gasteiger partial charge in [-0.2, -0.15) is 0 Å². The van der Waals surface area contributed by atoms with E-state index < -0.39 is 0 Å². The zero-order valence-corrected chi connectivity index (χ0v) is 10.4. The lowest BCUT2D eigenvalue weighted by Gasteiger charge is -2.10. The summed E-state index contributed by atoms with van der Waals surface area (Å²) in [6.45, 7) is 1.06. The maximum atomic E-state index is 6.01. The topological polar surface area (TPSA) is 55.3 Å². The number of nitrogens with zero attached hydrogens (tertiary/aromatic N) is 2. The summed E-state index contributed by atoms with van der Waals surface area (Å²) in [4.78, 5) is 4.57. The number of fused-ring (bicyclic) bond motifs is 1. The van der Waals surface area contributed by atoms with Crippen molar-refractivity contribution in [3.63, 3.8) is 0 Å². The number of rotatable bonds is 1. The molecule has 2 aromatic heterocycles. The first kappa shape index (κ1) is 10.1. The Bertz CT molecular complexity index is 528. The van der Waals surface area contributed by atoms with E-state index in [1.54, 1.807) is 0 Å². The van der Waals surface area contributed by atoms with Crippen LogP contribution in [0, 0.1) is 0 Å². The van der Waals surface area contributed by atoms with E-state index in [9.17, 15) is 0 Å². The van der Waals surface area contributed by atoms with Crippen LogP contribution in [0.25, 0.3) is 5.52 Å². The van der Waals surface area contributed by atoms with Gasteiger partial charge in [0, 0.05) is 0 Å². The van der Waals surface area contributed by atoms with Gasteiger partial charge in [-0.05, 0) is 47.4 Å². The molecule has 1 aliphatic heterocycles. The predicted molar refractivity (Wildman–Crippen MR) is 67.3 cm³/mol. The SMILES string of the molecule is Nc1cccc2c(Br)nc(C3CCCN3)n12. The Morgan fingerprint density at radius 2 is 2.38 bits per heavy atom. The number of imidazole rings is 1. The van der Waals surface area contributed by atoms with Gasteiger partial charge in [0.15, 0.2) is 0 Å². The third kappa shape index (κ3) is 1.43. The predicted octanol–water partition coefficient (Wildman–Crippen LogP) is 2.10. The molecule has 3 heterocycles. The third-order valence-corrected chi connectivity index (χ3v) is 3.63. The van der Waals surface area contributed by atoms with Gasteiger partial charge in [0.25, 0.3) is 0 Å². The number of halogens is 1. The van der Waals surface area contributed by atoms with Gasteiger partial charge < -0.3 is 11.1 Å². The molecule has 1 unspecified atom stereocenters. The first-order chi connectivity index (χ1) is 7.77. The molecule has 3 rings (SSSR count). The highest BCUT2D eigenvalue weighted by Crippen LogP contribution is 2.29. The Kier molecular flexibility index (Phi) is 2.37. The molecular formula is C11H13BrN4. The number of nitrogen functional groups attached to an aromatic ring is 1. The number of anilines is 1. The molecule has 0 bridgehead atoms. The van der Waals surface area contributed by atoms with Crippen LogP contribution in [0.3, 0.4) is 0 Å². The Morgan fingerprint density at radius 3 is 3.12 bits per heavy atom. The highest BCUT2D eigenvalue weighted by atomic mass is 79.9. The average molecular weight is 281 g/mol.